The van der Waals surface area contributed by atoms with E-state index in [1.54, 1.807) is 12.4 Å². The average molecular weight is 211 g/mol. The van der Waals surface area contributed by atoms with Crippen LogP contribution in [0.25, 0.3) is 0 Å². The van der Waals surface area contributed by atoms with Crippen LogP contribution in [0.15, 0.2) is 59.0 Å². The standard InChI is InChI=1S/C13H13N3/c1-11-3-2-4-13(9-11)16-15-10-12-5-7-14-8-6-12/h2-9H,10H2,1H3. The number of azo groups is 1. The number of aryl methyl sites for hydroxylation is 1. The van der Waals surface area contributed by atoms with Crippen molar-refractivity contribution in [2.75, 3.05) is 0 Å². The molecule has 1 aromatic carbocycles. The number of nitrogens with zero attached hydrogens (tertiary/aromatic N) is 3. The molecule has 0 N–H and O–H groups in total. The molecule has 80 valence electrons. The highest BCUT2D eigenvalue weighted by Gasteiger charge is 1.90. The van der Waals surface area contributed by atoms with Crippen LogP contribution in [0.5, 0.6) is 0 Å². The van der Waals surface area contributed by atoms with Crippen molar-refractivity contribution in [3.8, 4) is 0 Å². The summed E-state index contributed by atoms with van der Waals surface area (Å²) in [6.07, 6.45) is 3.52. The topological polar surface area (TPSA) is 37.6 Å². The zero-order valence-corrected chi connectivity index (χ0v) is 9.17. The molecule has 0 aliphatic carbocycles. The van der Waals surface area contributed by atoms with Gasteiger partial charge in [-0.25, -0.2) is 0 Å². The van der Waals surface area contributed by atoms with Crippen LogP contribution in [0.1, 0.15) is 11.1 Å². The molecule has 3 nitrogen and oxygen atoms in total. The lowest BCUT2D eigenvalue weighted by atomic mass is 10.2. The number of rotatable bonds is 3. The van der Waals surface area contributed by atoms with Crippen molar-refractivity contribution >= 4 is 5.69 Å². The van der Waals surface area contributed by atoms with Crippen molar-refractivity contribution in [1.82, 2.24) is 4.98 Å². The van der Waals surface area contributed by atoms with Gasteiger partial charge in [-0.05, 0) is 42.3 Å². The second-order valence-corrected chi connectivity index (χ2v) is 3.59. The van der Waals surface area contributed by atoms with Gasteiger partial charge in [-0.15, -0.1) is 0 Å². The van der Waals surface area contributed by atoms with Gasteiger partial charge in [0.25, 0.3) is 0 Å². The Bertz CT molecular complexity index is 478. The highest BCUT2D eigenvalue weighted by Crippen LogP contribution is 2.14. The maximum Gasteiger partial charge on any atom is 0.0855 e. The van der Waals surface area contributed by atoms with E-state index >= 15 is 0 Å². The van der Waals surface area contributed by atoms with E-state index < -0.39 is 0 Å². The van der Waals surface area contributed by atoms with Crippen LogP contribution < -0.4 is 0 Å². The molecule has 0 saturated heterocycles. The lowest BCUT2D eigenvalue weighted by molar-refractivity contribution is 0.954. The highest BCUT2D eigenvalue weighted by molar-refractivity contribution is 5.38. The zero-order valence-electron chi connectivity index (χ0n) is 9.17. The third kappa shape index (κ3) is 2.98. The first kappa shape index (κ1) is 10.5. The van der Waals surface area contributed by atoms with Gasteiger partial charge < -0.3 is 0 Å². The van der Waals surface area contributed by atoms with Gasteiger partial charge in [0.1, 0.15) is 0 Å². The van der Waals surface area contributed by atoms with Crippen molar-refractivity contribution < 1.29 is 0 Å². The SMILES string of the molecule is Cc1cccc(N=NCc2ccncc2)c1. The molecule has 1 heterocycles. The normalized spacial score (nSPS) is 10.8. The van der Waals surface area contributed by atoms with E-state index in [2.05, 4.69) is 15.2 Å². The Morgan fingerprint density at radius 2 is 1.94 bits per heavy atom. The summed E-state index contributed by atoms with van der Waals surface area (Å²) in [6.45, 7) is 2.64. The fourth-order valence-corrected chi connectivity index (χ4v) is 1.38. The summed E-state index contributed by atoms with van der Waals surface area (Å²) in [5.41, 5.74) is 3.21. The Morgan fingerprint density at radius 3 is 2.69 bits per heavy atom. The van der Waals surface area contributed by atoms with Gasteiger partial charge in [-0.2, -0.15) is 10.2 Å². The Labute approximate surface area is 94.9 Å². The van der Waals surface area contributed by atoms with Crippen molar-refractivity contribution in [3.63, 3.8) is 0 Å². The fourth-order valence-electron chi connectivity index (χ4n) is 1.38. The molecule has 0 amide bonds. The molecule has 0 aliphatic rings. The lowest BCUT2D eigenvalue weighted by Gasteiger charge is -1.95. The van der Waals surface area contributed by atoms with E-state index in [-0.39, 0.29) is 0 Å². The van der Waals surface area contributed by atoms with Gasteiger partial charge >= 0.3 is 0 Å². The quantitative estimate of drug-likeness (QED) is 0.713. The first-order valence-electron chi connectivity index (χ1n) is 5.18. The van der Waals surface area contributed by atoms with Gasteiger partial charge in [0.2, 0.25) is 0 Å². The van der Waals surface area contributed by atoms with Crippen LogP contribution in [-0.4, -0.2) is 4.98 Å². The van der Waals surface area contributed by atoms with Gasteiger partial charge in [0, 0.05) is 12.4 Å². The molecule has 0 aliphatic heterocycles. The van der Waals surface area contributed by atoms with Gasteiger partial charge in [-0.1, -0.05) is 12.1 Å². The number of hydrogen-bond donors (Lipinski definition) is 0. The van der Waals surface area contributed by atoms with Crippen LogP contribution in [0, 0.1) is 6.92 Å². The third-order valence-electron chi connectivity index (χ3n) is 2.19. The monoisotopic (exact) mass is 211 g/mol. The average Bonchev–Trinajstić information content (AvgIpc) is 2.30. The minimum Gasteiger partial charge on any atom is -0.265 e. The molecular formula is C13H13N3. The van der Waals surface area contributed by atoms with Crippen LogP contribution in [0.3, 0.4) is 0 Å². The van der Waals surface area contributed by atoms with E-state index in [0.717, 1.165) is 11.3 Å². The molecule has 2 rings (SSSR count). The predicted octanol–water partition coefficient (Wildman–Crippen LogP) is 3.67. The molecule has 0 atom stereocenters. The van der Waals surface area contributed by atoms with Crippen LogP contribution in [0.2, 0.25) is 0 Å². The Kier molecular flexibility index (Phi) is 3.38. The molecule has 1 aromatic heterocycles. The van der Waals surface area contributed by atoms with Crippen LogP contribution >= 0.6 is 0 Å². The van der Waals surface area contributed by atoms with Crippen molar-refractivity contribution in [2.24, 2.45) is 10.2 Å². The smallest absolute Gasteiger partial charge is 0.0855 e. The molecule has 0 bridgehead atoms. The first-order valence-corrected chi connectivity index (χ1v) is 5.18. The molecule has 16 heavy (non-hydrogen) atoms. The molecule has 0 spiro atoms. The number of benzene rings is 1. The Balaban J connectivity index is 2.00. The summed E-state index contributed by atoms with van der Waals surface area (Å²) in [5, 5.41) is 8.32. The molecule has 0 radical (unpaired) electrons. The highest BCUT2D eigenvalue weighted by atomic mass is 15.1. The summed E-state index contributed by atoms with van der Waals surface area (Å²) in [4.78, 5) is 3.95. The molecule has 2 aromatic rings. The van der Waals surface area contributed by atoms with Gasteiger partial charge in [-0.3, -0.25) is 4.98 Å². The minimum atomic E-state index is 0.594. The third-order valence-corrected chi connectivity index (χ3v) is 2.19. The molecule has 3 heteroatoms. The van der Waals surface area contributed by atoms with Crippen molar-refractivity contribution in [1.29, 1.82) is 0 Å². The number of aromatic nitrogens is 1. The van der Waals surface area contributed by atoms with E-state index in [9.17, 15) is 0 Å². The van der Waals surface area contributed by atoms with Gasteiger partial charge in [0.15, 0.2) is 0 Å². The summed E-state index contributed by atoms with van der Waals surface area (Å²) in [5.74, 6) is 0. The maximum absolute atomic E-state index is 4.17. The number of pyridine rings is 1. The molecule has 0 fully saturated rings. The number of hydrogen-bond acceptors (Lipinski definition) is 3. The second kappa shape index (κ2) is 5.16. The lowest BCUT2D eigenvalue weighted by Crippen LogP contribution is -1.79. The van der Waals surface area contributed by atoms with Crippen LogP contribution in [0.4, 0.5) is 5.69 Å². The Morgan fingerprint density at radius 1 is 1.12 bits per heavy atom. The second-order valence-electron chi connectivity index (χ2n) is 3.59. The fraction of sp³-hybridized carbons (Fsp3) is 0.154. The summed E-state index contributed by atoms with van der Waals surface area (Å²) in [6, 6.07) is 11.9. The van der Waals surface area contributed by atoms with Crippen molar-refractivity contribution in [3.05, 3.63) is 59.9 Å². The molecule has 0 unspecified atom stereocenters. The van der Waals surface area contributed by atoms with Crippen LogP contribution in [-0.2, 0) is 6.54 Å². The van der Waals surface area contributed by atoms with E-state index in [1.165, 1.54) is 5.56 Å². The maximum atomic E-state index is 4.17. The Hall–Kier alpha value is -2.03. The largest absolute Gasteiger partial charge is 0.265 e. The summed E-state index contributed by atoms with van der Waals surface area (Å²) < 4.78 is 0. The summed E-state index contributed by atoms with van der Waals surface area (Å²) in [7, 11) is 0. The minimum absolute atomic E-state index is 0.594. The summed E-state index contributed by atoms with van der Waals surface area (Å²) >= 11 is 0. The molecule has 0 saturated carbocycles. The zero-order chi connectivity index (χ0) is 11.2. The van der Waals surface area contributed by atoms with Gasteiger partial charge in [0.05, 0.1) is 12.2 Å². The van der Waals surface area contributed by atoms with E-state index in [0.29, 0.717) is 6.54 Å². The first-order chi connectivity index (χ1) is 7.84. The van der Waals surface area contributed by atoms with E-state index in [1.807, 2.05) is 43.3 Å². The van der Waals surface area contributed by atoms with E-state index in [4.69, 9.17) is 0 Å². The predicted molar refractivity (Wildman–Crippen MR) is 63.6 cm³/mol. The van der Waals surface area contributed by atoms with Crippen molar-refractivity contribution in [2.45, 2.75) is 13.5 Å². The molecular weight excluding hydrogens is 198 g/mol.